The van der Waals surface area contributed by atoms with E-state index in [-0.39, 0.29) is 11.7 Å². The van der Waals surface area contributed by atoms with Gasteiger partial charge in [-0.1, -0.05) is 12.1 Å². The summed E-state index contributed by atoms with van der Waals surface area (Å²) in [5, 5.41) is 9.06. The summed E-state index contributed by atoms with van der Waals surface area (Å²) in [6, 6.07) is 5.96. The Bertz CT molecular complexity index is 355. The molecule has 0 bridgehead atoms. The number of carbonyl (C=O) groups is 1. The Morgan fingerprint density at radius 3 is 2.47 bits per heavy atom. The normalized spacial score (nSPS) is 11.7. The van der Waals surface area contributed by atoms with Gasteiger partial charge in [-0.15, -0.1) is 0 Å². The first kappa shape index (κ1) is 11.0. The van der Waals surface area contributed by atoms with E-state index in [1.165, 1.54) is 0 Å². The van der Waals surface area contributed by atoms with Crippen LogP contribution in [0.4, 0.5) is 0 Å². The number of hydrogen-bond acceptors (Lipinski definition) is 3. The van der Waals surface area contributed by atoms with Crippen LogP contribution in [-0.4, -0.2) is 23.4 Å². The van der Waals surface area contributed by atoms with E-state index < -0.39 is 6.04 Å². The van der Waals surface area contributed by atoms with Gasteiger partial charge in [-0.2, -0.15) is 0 Å². The molecule has 5 N–H and O–H groups in total. The van der Waals surface area contributed by atoms with Crippen LogP contribution in [0.5, 0.6) is 5.75 Å². The fourth-order valence-electron chi connectivity index (χ4n) is 1.19. The first-order chi connectivity index (χ1) is 7.11. The quantitative estimate of drug-likeness (QED) is 0.360. The van der Waals surface area contributed by atoms with Gasteiger partial charge < -0.3 is 21.4 Å². The van der Waals surface area contributed by atoms with Crippen molar-refractivity contribution in [3.8, 4) is 5.75 Å². The first-order valence-corrected chi connectivity index (χ1v) is 4.43. The van der Waals surface area contributed by atoms with E-state index >= 15 is 0 Å². The number of hydrogen-bond donors (Lipinski definition) is 3. The number of guanidine groups is 1. The summed E-state index contributed by atoms with van der Waals surface area (Å²) in [5.41, 5.74) is 11.2. The highest BCUT2D eigenvalue weighted by atomic mass is 16.3. The molecule has 0 aliphatic heterocycles. The van der Waals surface area contributed by atoms with Crippen molar-refractivity contribution >= 4 is 12.2 Å². The van der Waals surface area contributed by atoms with E-state index in [2.05, 4.69) is 4.99 Å². The monoisotopic (exact) mass is 207 g/mol. The summed E-state index contributed by atoms with van der Waals surface area (Å²) in [4.78, 5) is 14.4. The molecule has 1 rings (SSSR count). The Morgan fingerprint density at radius 2 is 2.00 bits per heavy atom. The Balaban J connectivity index is 2.71. The molecule has 1 unspecified atom stereocenters. The number of rotatable bonds is 4. The third-order valence-electron chi connectivity index (χ3n) is 1.85. The number of aliphatic imine (C=N–C) groups is 1. The van der Waals surface area contributed by atoms with Gasteiger partial charge in [0.15, 0.2) is 5.96 Å². The standard InChI is InChI=1S/C10H13N3O2/c11-10(12)13-8(6-14)5-7-1-3-9(15)4-2-7/h1-4,6,8,15H,5H2,(H4,11,12,13). The van der Waals surface area contributed by atoms with E-state index in [1.54, 1.807) is 24.3 Å². The van der Waals surface area contributed by atoms with Crippen molar-refractivity contribution < 1.29 is 9.90 Å². The molecule has 0 saturated heterocycles. The van der Waals surface area contributed by atoms with Crippen LogP contribution < -0.4 is 11.5 Å². The summed E-state index contributed by atoms with van der Waals surface area (Å²) in [7, 11) is 0. The van der Waals surface area contributed by atoms with Gasteiger partial charge in [0.05, 0.1) is 0 Å². The third kappa shape index (κ3) is 3.68. The van der Waals surface area contributed by atoms with Crippen LogP contribution in [-0.2, 0) is 11.2 Å². The number of phenolic OH excluding ortho intramolecular Hbond substituents is 1. The lowest BCUT2D eigenvalue weighted by atomic mass is 10.1. The SMILES string of the molecule is NC(N)=NC(C=O)Cc1ccc(O)cc1. The van der Waals surface area contributed by atoms with Crippen LogP contribution >= 0.6 is 0 Å². The van der Waals surface area contributed by atoms with Crippen LogP contribution in [0.25, 0.3) is 0 Å². The van der Waals surface area contributed by atoms with Crippen molar-refractivity contribution in [1.82, 2.24) is 0 Å². The predicted octanol–water partition coefficient (Wildman–Crippen LogP) is -0.224. The number of nitrogens with zero attached hydrogens (tertiary/aromatic N) is 1. The molecule has 0 fully saturated rings. The van der Waals surface area contributed by atoms with E-state index in [0.29, 0.717) is 12.7 Å². The topological polar surface area (TPSA) is 102 Å². The second-order valence-corrected chi connectivity index (χ2v) is 3.13. The minimum absolute atomic E-state index is 0.106. The molecule has 0 aliphatic carbocycles. The van der Waals surface area contributed by atoms with Crippen LogP contribution in [0.2, 0.25) is 0 Å². The second kappa shape index (κ2) is 4.99. The third-order valence-corrected chi connectivity index (χ3v) is 1.85. The predicted molar refractivity (Wildman–Crippen MR) is 57.5 cm³/mol. The molecule has 1 atom stereocenters. The van der Waals surface area contributed by atoms with Gasteiger partial charge in [-0.3, -0.25) is 0 Å². The number of nitrogens with two attached hydrogens (primary N) is 2. The van der Waals surface area contributed by atoms with Crippen LogP contribution in [0, 0.1) is 0 Å². The summed E-state index contributed by atoms with van der Waals surface area (Å²) in [6.45, 7) is 0. The maximum absolute atomic E-state index is 10.6. The van der Waals surface area contributed by atoms with E-state index in [4.69, 9.17) is 16.6 Å². The average Bonchev–Trinajstić information content (AvgIpc) is 2.19. The minimum atomic E-state index is -0.570. The van der Waals surface area contributed by atoms with Gasteiger partial charge in [-0.05, 0) is 17.7 Å². The fraction of sp³-hybridized carbons (Fsp3) is 0.200. The zero-order valence-electron chi connectivity index (χ0n) is 8.13. The Morgan fingerprint density at radius 1 is 1.40 bits per heavy atom. The van der Waals surface area contributed by atoms with Crippen LogP contribution in [0.1, 0.15) is 5.56 Å². The highest BCUT2D eigenvalue weighted by Gasteiger charge is 2.06. The summed E-state index contributed by atoms with van der Waals surface area (Å²) in [6.07, 6.45) is 1.11. The van der Waals surface area contributed by atoms with Crippen molar-refractivity contribution in [2.45, 2.75) is 12.5 Å². The maximum Gasteiger partial charge on any atom is 0.186 e. The van der Waals surface area contributed by atoms with Crippen molar-refractivity contribution in [2.24, 2.45) is 16.5 Å². The van der Waals surface area contributed by atoms with E-state index in [0.717, 1.165) is 5.56 Å². The summed E-state index contributed by atoms with van der Waals surface area (Å²) < 4.78 is 0. The van der Waals surface area contributed by atoms with E-state index in [1.807, 2.05) is 0 Å². The summed E-state index contributed by atoms with van der Waals surface area (Å²) >= 11 is 0. The zero-order chi connectivity index (χ0) is 11.3. The molecular weight excluding hydrogens is 194 g/mol. The van der Waals surface area contributed by atoms with Gasteiger partial charge in [0, 0.05) is 6.42 Å². The number of carbonyl (C=O) groups excluding carboxylic acids is 1. The second-order valence-electron chi connectivity index (χ2n) is 3.13. The van der Waals surface area contributed by atoms with Crippen LogP contribution in [0.3, 0.4) is 0 Å². The van der Waals surface area contributed by atoms with E-state index in [9.17, 15) is 4.79 Å². The van der Waals surface area contributed by atoms with Gasteiger partial charge in [0.1, 0.15) is 18.1 Å². The maximum atomic E-state index is 10.6. The Hall–Kier alpha value is -2.04. The largest absolute Gasteiger partial charge is 0.508 e. The molecule has 1 aromatic carbocycles. The molecule has 0 radical (unpaired) electrons. The molecule has 0 saturated carbocycles. The molecule has 0 amide bonds. The van der Waals surface area contributed by atoms with Gasteiger partial charge >= 0.3 is 0 Å². The lowest BCUT2D eigenvalue weighted by Gasteiger charge is -2.05. The number of benzene rings is 1. The lowest BCUT2D eigenvalue weighted by molar-refractivity contribution is -0.108. The molecular formula is C10H13N3O2. The molecule has 15 heavy (non-hydrogen) atoms. The first-order valence-electron chi connectivity index (χ1n) is 4.43. The van der Waals surface area contributed by atoms with Gasteiger partial charge in [0.2, 0.25) is 0 Å². The Labute approximate surface area is 87.4 Å². The highest BCUT2D eigenvalue weighted by Crippen LogP contribution is 2.11. The molecule has 5 nitrogen and oxygen atoms in total. The fourth-order valence-corrected chi connectivity index (χ4v) is 1.19. The lowest BCUT2D eigenvalue weighted by Crippen LogP contribution is -2.26. The number of aromatic hydroxyl groups is 1. The number of aldehydes is 1. The molecule has 0 heterocycles. The highest BCUT2D eigenvalue weighted by molar-refractivity contribution is 5.78. The van der Waals surface area contributed by atoms with Gasteiger partial charge in [0.25, 0.3) is 0 Å². The Kier molecular flexibility index (Phi) is 3.68. The smallest absolute Gasteiger partial charge is 0.186 e. The van der Waals surface area contributed by atoms with Crippen molar-refractivity contribution in [3.05, 3.63) is 29.8 Å². The van der Waals surface area contributed by atoms with Crippen molar-refractivity contribution in [3.63, 3.8) is 0 Å². The minimum Gasteiger partial charge on any atom is -0.508 e. The molecule has 0 aliphatic rings. The molecule has 1 aromatic rings. The number of phenols is 1. The molecule has 0 aromatic heterocycles. The van der Waals surface area contributed by atoms with Crippen molar-refractivity contribution in [1.29, 1.82) is 0 Å². The molecule has 5 heteroatoms. The molecule has 80 valence electrons. The zero-order valence-corrected chi connectivity index (χ0v) is 8.13. The van der Waals surface area contributed by atoms with Gasteiger partial charge in [-0.25, -0.2) is 4.99 Å². The molecule has 0 spiro atoms. The summed E-state index contributed by atoms with van der Waals surface area (Å²) in [5.74, 6) is 0.0779. The van der Waals surface area contributed by atoms with Crippen molar-refractivity contribution in [2.75, 3.05) is 0 Å². The van der Waals surface area contributed by atoms with Crippen LogP contribution in [0.15, 0.2) is 29.3 Å². The average molecular weight is 207 g/mol.